The minimum atomic E-state index is 0.0417. The van der Waals surface area contributed by atoms with Crippen molar-refractivity contribution in [3.05, 3.63) is 36.0 Å². The fourth-order valence-corrected chi connectivity index (χ4v) is 4.18. The molecule has 2 N–H and O–H groups in total. The topological polar surface area (TPSA) is 57.4 Å². The molecular weight excluding hydrogens is 314 g/mol. The molecule has 5 nitrogen and oxygen atoms in total. The zero-order chi connectivity index (χ0) is 17.4. The molecule has 0 radical (unpaired) electrons. The molecule has 3 atom stereocenters. The summed E-state index contributed by atoms with van der Waals surface area (Å²) in [6.07, 6.45) is 2.31. The lowest BCUT2D eigenvalue weighted by Gasteiger charge is -2.20. The molecule has 4 rings (SSSR count). The molecular formula is C20H27N3O2. The summed E-state index contributed by atoms with van der Waals surface area (Å²) in [6, 6.07) is 8.60. The number of aromatic amines is 1. The smallest absolute Gasteiger partial charge is 0.222 e. The summed E-state index contributed by atoms with van der Waals surface area (Å²) in [5, 5.41) is 4.39. The molecule has 1 amide bonds. The Balaban J connectivity index is 1.38. The lowest BCUT2D eigenvalue weighted by Crippen LogP contribution is -2.36. The van der Waals surface area contributed by atoms with Crippen LogP contribution in [-0.2, 0) is 16.1 Å². The van der Waals surface area contributed by atoms with Crippen molar-refractivity contribution in [2.75, 3.05) is 26.2 Å². The van der Waals surface area contributed by atoms with E-state index in [0.717, 1.165) is 32.8 Å². The number of hydrogen-bond donors (Lipinski definition) is 2. The van der Waals surface area contributed by atoms with Gasteiger partial charge in [-0.3, -0.25) is 9.69 Å². The van der Waals surface area contributed by atoms with Crippen LogP contribution in [0.5, 0.6) is 0 Å². The van der Waals surface area contributed by atoms with Gasteiger partial charge in [0.05, 0.1) is 12.7 Å². The highest BCUT2D eigenvalue weighted by atomic mass is 16.5. The number of amides is 1. The molecule has 3 heterocycles. The summed E-state index contributed by atoms with van der Waals surface area (Å²) < 4.78 is 6.02. The van der Waals surface area contributed by atoms with Crippen LogP contribution >= 0.6 is 0 Å². The van der Waals surface area contributed by atoms with Gasteiger partial charge in [0, 0.05) is 61.0 Å². The summed E-state index contributed by atoms with van der Waals surface area (Å²) in [5.41, 5.74) is 2.56. The van der Waals surface area contributed by atoms with Gasteiger partial charge in [-0.25, -0.2) is 0 Å². The zero-order valence-electron chi connectivity index (χ0n) is 15.0. The maximum atomic E-state index is 11.8. The summed E-state index contributed by atoms with van der Waals surface area (Å²) in [5.74, 6) is 1.14. The maximum Gasteiger partial charge on any atom is 0.222 e. The van der Waals surface area contributed by atoms with Gasteiger partial charge in [-0.15, -0.1) is 0 Å². The Morgan fingerprint density at radius 2 is 2.24 bits per heavy atom. The maximum absolute atomic E-state index is 11.8. The first-order chi connectivity index (χ1) is 12.1. The standard InChI is InChI=1S/C20H27N3O2/c1-13(2)20(24)22-8-15-12-25-19-11-23(10-17(15)19)9-14-4-3-5-18-16(14)6-7-21-18/h3-7,13,15,17,19,21H,8-12H2,1-2H3,(H,22,24)/t15-,17+,19+/m1/s1. The monoisotopic (exact) mass is 341 g/mol. The van der Waals surface area contributed by atoms with Gasteiger partial charge in [-0.2, -0.15) is 0 Å². The fraction of sp³-hybridized carbons (Fsp3) is 0.550. The molecule has 2 aliphatic rings. The minimum absolute atomic E-state index is 0.0417. The van der Waals surface area contributed by atoms with E-state index >= 15 is 0 Å². The lowest BCUT2D eigenvalue weighted by molar-refractivity contribution is -0.124. The number of fused-ring (bicyclic) bond motifs is 2. The SMILES string of the molecule is CC(C)C(=O)NC[C@@H]1CO[C@H]2CN(Cc3cccc4[nH]ccc34)C[C@@H]12. The van der Waals surface area contributed by atoms with Crippen molar-refractivity contribution in [2.24, 2.45) is 17.8 Å². The molecule has 2 aliphatic heterocycles. The highest BCUT2D eigenvalue weighted by molar-refractivity contribution is 5.82. The second-order valence-electron chi connectivity index (χ2n) is 7.75. The first kappa shape index (κ1) is 16.6. The molecule has 0 saturated carbocycles. The summed E-state index contributed by atoms with van der Waals surface area (Å²) >= 11 is 0. The molecule has 5 heteroatoms. The number of H-pyrrole nitrogens is 1. The van der Waals surface area contributed by atoms with Crippen LogP contribution < -0.4 is 5.32 Å². The quantitative estimate of drug-likeness (QED) is 0.878. The average Bonchev–Trinajstić information content (AvgIpc) is 3.28. The van der Waals surface area contributed by atoms with E-state index in [1.54, 1.807) is 0 Å². The van der Waals surface area contributed by atoms with Crippen molar-refractivity contribution >= 4 is 16.8 Å². The van der Waals surface area contributed by atoms with E-state index in [4.69, 9.17) is 4.74 Å². The molecule has 2 aromatic rings. The van der Waals surface area contributed by atoms with Crippen LogP contribution in [0.4, 0.5) is 0 Å². The molecule has 0 bridgehead atoms. The van der Waals surface area contributed by atoms with Crippen molar-refractivity contribution in [3.63, 3.8) is 0 Å². The highest BCUT2D eigenvalue weighted by Gasteiger charge is 2.43. The van der Waals surface area contributed by atoms with Crippen LogP contribution in [-0.4, -0.2) is 48.1 Å². The number of rotatable bonds is 5. The van der Waals surface area contributed by atoms with Crippen molar-refractivity contribution in [1.82, 2.24) is 15.2 Å². The van der Waals surface area contributed by atoms with E-state index in [9.17, 15) is 4.79 Å². The largest absolute Gasteiger partial charge is 0.376 e. The predicted octanol–water partition coefficient (Wildman–Crippen LogP) is 2.39. The van der Waals surface area contributed by atoms with E-state index in [1.165, 1.54) is 16.5 Å². The molecule has 1 aromatic heterocycles. The number of hydrogen-bond acceptors (Lipinski definition) is 3. The van der Waals surface area contributed by atoms with Gasteiger partial charge in [-0.05, 0) is 17.7 Å². The molecule has 25 heavy (non-hydrogen) atoms. The van der Waals surface area contributed by atoms with Gasteiger partial charge < -0.3 is 15.0 Å². The van der Waals surface area contributed by atoms with Crippen LogP contribution in [0.15, 0.2) is 30.5 Å². The van der Waals surface area contributed by atoms with Crippen molar-refractivity contribution in [2.45, 2.75) is 26.5 Å². The van der Waals surface area contributed by atoms with Crippen molar-refractivity contribution in [1.29, 1.82) is 0 Å². The molecule has 0 aliphatic carbocycles. The number of carbonyl (C=O) groups is 1. The molecule has 0 unspecified atom stereocenters. The third-order valence-electron chi connectivity index (χ3n) is 5.66. The van der Waals surface area contributed by atoms with Crippen LogP contribution in [0.1, 0.15) is 19.4 Å². The predicted molar refractivity (Wildman–Crippen MR) is 98.1 cm³/mol. The van der Waals surface area contributed by atoms with Crippen LogP contribution in [0, 0.1) is 17.8 Å². The third kappa shape index (κ3) is 3.31. The van der Waals surface area contributed by atoms with Crippen LogP contribution in [0.2, 0.25) is 0 Å². The fourth-order valence-electron chi connectivity index (χ4n) is 4.18. The molecule has 1 aromatic carbocycles. The van der Waals surface area contributed by atoms with Gasteiger partial charge in [0.25, 0.3) is 0 Å². The van der Waals surface area contributed by atoms with Crippen molar-refractivity contribution < 1.29 is 9.53 Å². The summed E-state index contributed by atoms with van der Waals surface area (Å²) in [4.78, 5) is 17.6. The first-order valence-corrected chi connectivity index (χ1v) is 9.28. The van der Waals surface area contributed by atoms with Gasteiger partial charge >= 0.3 is 0 Å². The lowest BCUT2D eigenvalue weighted by atomic mass is 9.93. The van der Waals surface area contributed by atoms with Crippen molar-refractivity contribution in [3.8, 4) is 0 Å². The number of likely N-dealkylation sites (tertiary alicyclic amines) is 1. The van der Waals surface area contributed by atoms with Gasteiger partial charge in [0.15, 0.2) is 0 Å². The minimum Gasteiger partial charge on any atom is -0.376 e. The zero-order valence-corrected chi connectivity index (χ0v) is 15.0. The third-order valence-corrected chi connectivity index (χ3v) is 5.66. The number of aromatic nitrogens is 1. The Labute approximate surface area is 148 Å². The Morgan fingerprint density at radius 1 is 1.36 bits per heavy atom. The Kier molecular flexibility index (Phi) is 4.52. The van der Waals surface area contributed by atoms with E-state index < -0.39 is 0 Å². The van der Waals surface area contributed by atoms with Gasteiger partial charge in [-0.1, -0.05) is 26.0 Å². The molecule has 0 spiro atoms. The molecule has 134 valence electrons. The Morgan fingerprint density at radius 3 is 3.08 bits per heavy atom. The normalized spacial score (nSPS) is 26.4. The summed E-state index contributed by atoms with van der Waals surface area (Å²) in [7, 11) is 0. The van der Waals surface area contributed by atoms with Crippen LogP contribution in [0.25, 0.3) is 10.9 Å². The number of nitrogens with one attached hydrogen (secondary N) is 2. The van der Waals surface area contributed by atoms with E-state index in [1.807, 2.05) is 20.0 Å². The molecule has 2 fully saturated rings. The number of nitrogens with zero attached hydrogens (tertiary/aromatic N) is 1. The van der Waals surface area contributed by atoms with E-state index in [2.05, 4.69) is 39.5 Å². The highest BCUT2D eigenvalue weighted by Crippen LogP contribution is 2.34. The second-order valence-corrected chi connectivity index (χ2v) is 7.75. The van der Waals surface area contributed by atoms with Gasteiger partial charge in [0.2, 0.25) is 5.91 Å². The average molecular weight is 341 g/mol. The summed E-state index contributed by atoms with van der Waals surface area (Å²) in [6.45, 7) is 8.36. The Hall–Kier alpha value is -1.85. The van der Waals surface area contributed by atoms with E-state index in [-0.39, 0.29) is 11.8 Å². The second kappa shape index (κ2) is 6.81. The van der Waals surface area contributed by atoms with E-state index in [0.29, 0.717) is 17.9 Å². The number of ether oxygens (including phenoxy) is 1. The van der Waals surface area contributed by atoms with Crippen LogP contribution in [0.3, 0.4) is 0 Å². The first-order valence-electron chi connectivity index (χ1n) is 9.28. The number of carbonyl (C=O) groups excluding carboxylic acids is 1. The molecule has 2 saturated heterocycles. The van der Waals surface area contributed by atoms with Gasteiger partial charge in [0.1, 0.15) is 0 Å². The Bertz CT molecular complexity index is 754. The number of benzene rings is 1.